The number of benzene rings is 2. The number of aromatic amines is 1. The number of nitrogens with zero attached hydrogens (tertiary/aromatic N) is 1. The molecule has 5 rings (SSSR count). The van der Waals surface area contributed by atoms with Crippen molar-refractivity contribution in [1.29, 1.82) is 0 Å². The number of aromatic hydroxyl groups is 1. The Balaban J connectivity index is 0.000000821. The molecule has 170 valence electrons. The summed E-state index contributed by atoms with van der Waals surface area (Å²) < 4.78 is 9.43. The zero-order chi connectivity index (χ0) is 23.8. The molecule has 0 spiro atoms. The number of carbonyl (C=O) groups excluding carboxylic acids is 1. The van der Waals surface area contributed by atoms with Gasteiger partial charge in [-0.15, -0.1) is 0 Å². The minimum absolute atomic E-state index is 0.0216. The van der Waals surface area contributed by atoms with Gasteiger partial charge in [0.1, 0.15) is 17.6 Å². The summed E-state index contributed by atoms with van der Waals surface area (Å²) in [5.41, 5.74) is 2.75. The largest absolute Gasteiger partial charge is 0.506 e. The molecular weight excluding hydrogens is 444 g/mol. The number of halogens is 1. The molecule has 33 heavy (non-hydrogen) atoms. The van der Waals surface area contributed by atoms with Crippen molar-refractivity contribution in [3.8, 4) is 28.2 Å². The fourth-order valence-corrected chi connectivity index (χ4v) is 4.09. The number of hydrogen-bond donors (Lipinski definition) is 2. The van der Waals surface area contributed by atoms with E-state index < -0.39 is 5.56 Å². The van der Waals surface area contributed by atoms with Gasteiger partial charge in [-0.3, -0.25) is 4.79 Å². The van der Waals surface area contributed by atoms with Crippen molar-refractivity contribution in [2.24, 2.45) is 0 Å². The maximum Gasteiger partial charge on any atom is 0.263 e. The minimum atomic E-state index is -0.493. The standard InChI is InChI=1S/C23H17ClN2O4.C2H6O/c1-12-8-19(30-26-12)20-21(28)16-9-15(17(24)10-18(16)25-22(20)29)13-2-4-14(5-3-13)23(11-27)6-7-23;1-3-2/h2-5,8-11H,6-7H2,1H3,(H2,25,28,29);1-2H3. The highest BCUT2D eigenvalue weighted by molar-refractivity contribution is 6.34. The molecule has 7 nitrogen and oxygen atoms in total. The highest BCUT2D eigenvalue weighted by atomic mass is 35.5. The van der Waals surface area contributed by atoms with E-state index in [-0.39, 0.29) is 22.5 Å². The van der Waals surface area contributed by atoms with E-state index in [4.69, 9.17) is 16.1 Å². The van der Waals surface area contributed by atoms with Gasteiger partial charge in [-0.05, 0) is 43.0 Å². The third-order valence-corrected chi connectivity index (χ3v) is 6.05. The van der Waals surface area contributed by atoms with Crippen LogP contribution < -0.4 is 5.56 Å². The molecule has 0 saturated heterocycles. The summed E-state index contributed by atoms with van der Waals surface area (Å²) in [4.78, 5) is 26.6. The van der Waals surface area contributed by atoms with Gasteiger partial charge in [-0.25, -0.2) is 0 Å². The number of nitrogens with one attached hydrogen (secondary N) is 1. The van der Waals surface area contributed by atoms with E-state index in [1.807, 2.05) is 24.3 Å². The first-order valence-electron chi connectivity index (χ1n) is 10.3. The lowest BCUT2D eigenvalue weighted by Gasteiger charge is -2.12. The summed E-state index contributed by atoms with van der Waals surface area (Å²) in [6, 6.07) is 12.6. The maximum atomic E-state index is 12.5. The SMILES string of the molecule is COC.Cc1cc(-c2c(O)c3cc(-c4ccc(C5(C=O)CC5)cc4)c(Cl)cc3[nH]c2=O)on1. The predicted octanol–water partition coefficient (Wildman–Crippen LogP) is 5.01. The van der Waals surface area contributed by atoms with E-state index >= 15 is 0 Å². The molecule has 0 radical (unpaired) electrons. The molecule has 8 heteroatoms. The Kier molecular flexibility index (Phi) is 6.10. The summed E-state index contributed by atoms with van der Waals surface area (Å²) in [6.45, 7) is 1.73. The molecule has 0 bridgehead atoms. The maximum absolute atomic E-state index is 12.5. The van der Waals surface area contributed by atoms with Crippen molar-refractivity contribution in [3.05, 3.63) is 69.1 Å². The van der Waals surface area contributed by atoms with E-state index in [1.54, 1.807) is 39.3 Å². The summed E-state index contributed by atoms with van der Waals surface area (Å²) >= 11 is 6.48. The summed E-state index contributed by atoms with van der Waals surface area (Å²) in [5.74, 6) is -0.00470. The molecule has 2 aromatic heterocycles. The number of methoxy groups -OCH3 is 1. The molecule has 1 aliphatic carbocycles. The summed E-state index contributed by atoms with van der Waals surface area (Å²) in [7, 11) is 3.25. The van der Waals surface area contributed by atoms with Gasteiger partial charge < -0.3 is 24.1 Å². The number of aromatic nitrogens is 2. The van der Waals surface area contributed by atoms with Crippen LogP contribution in [-0.4, -0.2) is 35.8 Å². The molecule has 2 aromatic carbocycles. The number of H-pyrrole nitrogens is 1. The van der Waals surface area contributed by atoms with E-state index in [9.17, 15) is 14.7 Å². The number of hydrogen-bond acceptors (Lipinski definition) is 6. The van der Waals surface area contributed by atoms with Gasteiger partial charge in [-0.2, -0.15) is 0 Å². The van der Waals surface area contributed by atoms with Gasteiger partial charge in [-0.1, -0.05) is 41.0 Å². The highest BCUT2D eigenvalue weighted by Crippen LogP contribution is 2.47. The number of aryl methyl sites for hydroxylation is 1. The van der Waals surface area contributed by atoms with Crippen molar-refractivity contribution >= 4 is 28.8 Å². The second kappa shape index (κ2) is 8.84. The normalized spacial score (nSPS) is 13.9. The number of aldehydes is 1. The minimum Gasteiger partial charge on any atom is -0.506 e. The third-order valence-electron chi connectivity index (χ3n) is 5.73. The van der Waals surface area contributed by atoms with Crippen LogP contribution in [0, 0.1) is 6.92 Å². The molecule has 0 amide bonds. The fraction of sp³-hybridized carbons (Fsp3) is 0.240. The van der Waals surface area contributed by atoms with E-state index in [0.29, 0.717) is 27.2 Å². The molecule has 4 aromatic rings. The van der Waals surface area contributed by atoms with Crippen LogP contribution in [0.4, 0.5) is 0 Å². The third kappa shape index (κ3) is 4.17. The van der Waals surface area contributed by atoms with Gasteiger partial charge in [0.15, 0.2) is 5.76 Å². The first kappa shape index (κ1) is 22.8. The van der Waals surface area contributed by atoms with Gasteiger partial charge in [0, 0.05) is 31.2 Å². The molecule has 1 fully saturated rings. The lowest BCUT2D eigenvalue weighted by molar-refractivity contribution is -0.109. The zero-order valence-corrected chi connectivity index (χ0v) is 19.2. The van der Waals surface area contributed by atoms with Crippen LogP contribution >= 0.6 is 11.6 Å². The van der Waals surface area contributed by atoms with Crippen molar-refractivity contribution < 1.29 is 19.2 Å². The van der Waals surface area contributed by atoms with Crippen molar-refractivity contribution in [1.82, 2.24) is 10.1 Å². The molecular formula is C25H23ClN2O5. The van der Waals surface area contributed by atoms with Crippen LogP contribution in [0.15, 0.2) is 51.8 Å². The second-order valence-electron chi connectivity index (χ2n) is 8.15. The Morgan fingerprint density at radius 3 is 2.39 bits per heavy atom. The molecule has 0 aliphatic heterocycles. The Morgan fingerprint density at radius 1 is 1.18 bits per heavy atom. The van der Waals surface area contributed by atoms with Crippen LogP contribution in [-0.2, 0) is 14.9 Å². The lowest BCUT2D eigenvalue weighted by Crippen LogP contribution is -2.09. The average Bonchev–Trinajstić information content (AvgIpc) is 3.48. The Morgan fingerprint density at radius 2 is 1.85 bits per heavy atom. The molecule has 2 heterocycles. The van der Waals surface area contributed by atoms with Crippen LogP contribution in [0.1, 0.15) is 24.1 Å². The summed E-state index contributed by atoms with van der Waals surface area (Å²) in [6.07, 6.45) is 2.77. The Labute approximate surface area is 195 Å². The topological polar surface area (TPSA) is 105 Å². The van der Waals surface area contributed by atoms with Crippen LogP contribution in [0.2, 0.25) is 5.02 Å². The Bertz CT molecular complexity index is 1380. The number of ether oxygens (including phenoxy) is 1. The highest BCUT2D eigenvalue weighted by Gasteiger charge is 2.44. The molecule has 2 N–H and O–H groups in total. The molecule has 0 atom stereocenters. The van der Waals surface area contributed by atoms with Crippen molar-refractivity contribution in [2.45, 2.75) is 25.2 Å². The van der Waals surface area contributed by atoms with Gasteiger partial charge in [0.2, 0.25) is 0 Å². The van der Waals surface area contributed by atoms with Gasteiger partial charge >= 0.3 is 0 Å². The molecule has 0 unspecified atom stereocenters. The van der Waals surface area contributed by atoms with E-state index in [1.165, 1.54) is 0 Å². The van der Waals surface area contributed by atoms with Crippen LogP contribution in [0.3, 0.4) is 0 Å². The summed E-state index contributed by atoms with van der Waals surface area (Å²) in [5, 5.41) is 15.5. The van der Waals surface area contributed by atoms with Gasteiger partial charge in [0.25, 0.3) is 5.56 Å². The van der Waals surface area contributed by atoms with E-state index in [2.05, 4.69) is 14.9 Å². The number of fused-ring (bicyclic) bond motifs is 1. The predicted molar refractivity (Wildman–Crippen MR) is 127 cm³/mol. The Hall–Kier alpha value is -3.42. The van der Waals surface area contributed by atoms with Crippen molar-refractivity contribution in [2.75, 3.05) is 14.2 Å². The molecule has 1 saturated carbocycles. The first-order chi connectivity index (χ1) is 15.8. The van der Waals surface area contributed by atoms with E-state index in [0.717, 1.165) is 30.3 Å². The van der Waals surface area contributed by atoms with Gasteiger partial charge in [0.05, 0.1) is 21.6 Å². The van der Waals surface area contributed by atoms with Crippen molar-refractivity contribution in [3.63, 3.8) is 0 Å². The molecule has 1 aliphatic rings. The fourth-order valence-electron chi connectivity index (χ4n) is 3.82. The zero-order valence-electron chi connectivity index (χ0n) is 18.4. The van der Waals surface area contributed by atoms with Crippen LogP contribution in [0.5, 0.6) is 5.75 Å². The average molecular weight is 467 g/mol. The first-order valence-corrected chi connectivity index (χ1v) is 10.7. The second-order valence-corrected chi connectivity index (χ2v) is 8.55. The smallest absolute Gasteiger partial charge is 0.263 e. The number of rotatable bonds is 4. The monoisotopic (exact) mass is 466 g/mol. The number of carbonyl (C=O) groups is 1. The van der Waals surface area contributed by atoms with Crippen LogP contribution in [0.25, 0.3) is 33.4 Å². The lowest BCUT2D eigenvalue weighted by atomic mass is 9.94. The quantitative estimate of drug-likeness (QED) is 0.409. The number of pyridine rings is 1.